The van der Waals surface area contributed by atoms with Gasteiger partial charge in [-0.05, 0) is 54.1 Å². The van der Waals surface area contributed by atoms with E-state index >= 15 is 0 Å². The molecule has 32 heavy (non-hydrogen) atoms. The Morgan fingerprint density at radius 3 is 2.62 bits per heavy atom. The smallest absolute Gasteiger partial charge is 0.417 e. The highest BCUT2D eigenvalue weighted by Gasteiger charge is 2.34. The zero-order valence-corrected chi connectivity index (χ0v) is 18.0. The largest absolute Gasteiger partial charge is 0.423 e. The minimum atomic E-state index is -4.70. The van der Waals surface area contributed by atoms with E-state index in [1.54, 1.807) is 24.4 Å². The second-order valence-corrected chi connectivity index (χ2v) is 7.53. The Balaban J connectivity index is 1.66. The summed E-state index contributed by atoms with van der Waals surface area (Å²) in [6, 6.07) is 11.5. The first kappa shape index (κ1) is 21.7. The normalized spacial score (nSPS) is 11.2. The van der Waals surface area contributed by atoms with Crippen molar-refractivity contribution in [2.75, 3.05) is 5.32 Å². The Bertz CT molecular complexity index is 1380. The molecule has 0 saturated carbocycles. The molecule has 0 bridgehead atoms. The molecule has 0 atom stereocenters. The van der Waals surface area contributed by atoms with E-state index in [-0.39, 0.29) is 22.9 Å². The lowest BCUT2D eigenvalue weighted by molar-refractivity contribution is -0.137. The molecule has 2 aromatic heterocycles. The van der Waals surface area contributed by atoms with Crippen LogP contribution in [0, 0.1) is 11.3 Å². The molecule has 4 rings (SSSR count). The first-order chi connectivity index (χ1) is 15.2. The van der Waals surface area contributed by atoms with Gasteiger partial charge >= 0.3 is 12.2 Å². The zero-order chi connectivity index (χ0) is 22.9. The summed E-state index contributed by atoms with van der Waals surface area (Å²) in [7, 11) is 0. The third-order valence-electron chi connectivity index (χ3n) is 4.15. The molecule has 0 saturated heterocycles. The Morgan fingerprint density at radius 1 is 1.06 bits per heavy atom. The van der Waals surface area contributed by atoms with Crippen molar-refractivity contribution >= 4 is 50.1 Å². The van der Waals surface area contributed by atoms with Gasteiger partial charge < -0.3 is 10.1 Å². The fourth-order valence-electron chi connectivity index (χ4n) is 2.80. The molecule has 0 spiro atoms. The summed E-state index contributed by atoms with van der Waals surface area (Å²) in [5, 5.41) is 12.0. The highest BCUT2D eigenvalue weighted by Crippen LogP contribution is 2.34. The van der Waals surface area contributed by atoms with Crippen LogP contribution in [-0.4, -0.2) is 19.9 Å². The van der Waals surface area contributed by atoms with Crippen LogP contribution in [0.1, 0.15) is 11.1 Å². The van der Waals surface area contributed by atoms with E-state index in [1.807, 2.05) is 6.07 Å². The van der Waals surface area contributed by atoms with Crippen molar-refractivity contribution in [1.29, 1.82) is 5.26 Å². The number of nitrogens with zero attached hydrogens (tertiary/aromatic N) is 5. The van der Waals surface area contributed by atoms with Gasteiger partial charge in [-0.25, -0.2) is 0 Å². The Hall–Kier alpha value is -3.49. The summed E-state index contributed by atoms with van der Waals surface area (Å²) in [6.45, 7) is 0. The number of ether oxygens (including phenoxy) is 1. The number of halogens is 5. The second kappa shape index (κ2) is 8.57. The SMILES string of the molecule is N#Cc1ccc(Nc2nc(Cl)nc(Oc3ccnc4ccc(Br)cc34)n2)cc1C(F)(F)F. The molecular formula is C20H9BrClF3N6O. The molecule has 0 amide bonds. The summed E-state index contributed by atoms with van der Waals surface area (Å²) in [4.78, 5) is 16.1. The van der Waals surface area contributed by atoms with Crippen LogP contribution in [-0.2, 0) is 6.18 Å². The number of nitrogens with one attached hydrogen (secondary N) is 1. The van der Waals surface area contributed by atoms with Crippen molar-refractivity contribution in [2.45, 2.75) is 6.18 Å². The minimum absolute atomic E-state index is 0.00262. The number of anilines is 2. The van der Waals surface area contributed by atoms with Gasteiger partial charge in [-0.2, -0.15) is 33.4 Å². The van der Waals surface area contributed by atoms with E-state index < -0.39 is 17.3 Å². The number of alkyl halides is 3. The second-order valence-electron chi connectivity index (χ2n) is 6.28. The predicted octanol–water partition coefficient (Wildman–Crippen LogP) is 6.26. The number of pyridine rings is 1. The van der Waals surface area contributed by atoms with E-state index in [4.69, 9.17) is 21.6 Å². The summed E-state index contributed by atoms with van der Waals surface area (Å²) in [5.41, 5.74) is -0.920. The highest BCUT2D eigenvalue weighted by atomic mass is 79.9. The maximum atomic E-state index is 13.2. The van der Waals surface area contributed by atoms with E-state index in [9.17, 15) is 13.2 Å². The fraction of sp³-hybridized carbons (Fsp3) is 0.0500. The highest BCUT2D eigenvalue weighted by molar-refractivity contribution is 9.10. The van der Waals surface area contributed by atoms with Crippen LogP contribution >= 0.6 is 27.5 Å². The number of hydrogen-bond donors (Lipinski definition) is 1. The summed E-state index contributed by atoms with van der Waals surface area (Å²) in [5.74, 6) is 0.250. The lowest BCUT2D eigenvalue weighted by Gasteiger charge is -2.12. The molecule has 0 aliphatic carbocycles. The number of hydrogen-bond acceptors (Lipinski definition) is 7. The van der Waals surface area contributed by atoms with Crippen LogP contribution in [0.4, 0.5) is 24.8 Å². The first-order valence-electron chi connectivity index (χ1n) is 8.75. The van der Waals surface area contributed by atoms with Gasteiger partial charge in [0.2, 0.25) is 11.2 Å². The number of aromatic nitrogens is 4. The average Bonchev–Trinajstić information content (AvgIpc) is 2.73. The lowest BCUT2D eigenvalue weighted by atomic mass is 10.1. The average molecular weight is 522 g/mol. The van der Waals surface area contributed by atoms with Crippen molar-refractivity contribution in [3.8, 4) is 17.8 Å². The molecule has 0 aliphatic heterocycles. The van der Waals surface area contributed by atoms with Crippen LogP contribution in [0.2, 0.25) is 5.28 Å². The molecular weight excluding hydrogens is 513 g/mol. The molecule has 0 radical (unpaired) electrons. The molecule has 0 aliphatic rings. The van der Waals surface area contributed by atoms with Crippen LogP contribution in [0.5, 0.6) is 11.8 Å². The van der Waals surface area contributed by atoms with Gasteiger partial charge in [-0.1, -0.05) is 15.9 Å². The standard InChI is InChI=1S/C20H9BrClF3N6O/c21-11-2-4-15-13(7-11)16(5-6-27-15)32-19-30-17(22)29-18(31-19)28-12-3-1-10(9-26)14(8-12)20(23,24)25/h1-8H,(H,28,29,30,31). The monoisotopic (exact) mass is 520 g/mol. The quantitative estimate of drug-likeness (QED) is 0.338. The number of nitriles is 1. The van der Waals surface area contributed by atoms with Crippen molar-refractivity contribution in [1.82, 2.24) is 19.9 Å². The molecule has 0 fully saturated rings. The van der Waals surface area contributed by atoms with Crippen LogP contribution in [0.25, 0.3) is 10.9 Å². The van der Waals surface area contributed by atoms with E-state index in [1.165, 1.54) is 12.1 Å². The van der Waals surface area contributed by atoms with Gasteiger partial charge in [0.25, 0.3) is 0 Å². The Labute approximate surface area is 192 Å². The Morgan fingerprint density at radius 2 is 1.88 bits per heavy atom. The molecule has 2 heterocycles. The van der Waals surface area contributed by atoms with E-state index in [0.29, 0.717) is 16.7 Å². The third-order valence-corrected chi connectivity index (χ3v) is 4.82. The summed E-state index contributed by atoms with van der Waals surface area (Å²) < 4.78 is 46.2. The maximum Gasteiger partial charge on any atom is 0.417 e. The van der Waals surface area contributed by atoms with Gasteiger partial charge in [-0.15, -0.1) is 0 Å². The number of benzene rings is 2. The molecule has 12 heteroatoms. The molecule has 1 N–H and O–H groups in total. The molecule has 0 unspecified atom stereocenters. The van der Waals surface area contributed by atoms with Gasteiger partial charge in [0.1, 0.15) is 5.75 Å². The van der Waals surface area contributed by atoms with Crippen LogP contribution in [0.15, 0.2) is 53.1 Å². The maximum absolute atomic E-state index is 13.2. The molecule has 160 valence electrons. The topological polar surface area (TPSA) is 96.6 Å². The summed E-state index contributed by atoms with van der Waals surface area (Å²) >= 11 is 9.34. The van der Waals surface area contributed by atoms with Gasteiger partial charge in [0.05, 0.1) is 22.7 Å². The van der Waals surface area contributed by atoms with Crippen molar-refractivity contribution in [3.63, 3.8) is 0 Å². The minimum Gasteiger partial charge on any atom is -0.423 e. The fourth-order valence-corrected chi connectivity index (χ4v) is 3.31. The summed E-state index contributed by atoms with van der Waals surface area (Å²) in [6.07, 6.45) is -3.16. The van der Waals surface area contributed by atoms with Crippen molar-refractivity contribution < 1.29 is 17.9 Å². The van der Waals surface area contributed by atoms with Crippen LogP contribution < -0.4 is 10.1 Å². The first-order valence-corrected chi connectivity index (χ1v) is 9.92. The van der Waals surface area contributed by atoms with Crippen molar-refractivity contribution in [2.24, 2.45) is 0 Å². The lowest BCUT2D eigenvalue weighted by Crippen LogP contribution is -2.09. The molecule has 4 aromatic rings. The van der Waals surface area contributed by atoms with E-state index in [2.05, 4.69) is 41.2 Å². The van der Waals surface area contributed by atoms with Gasteiger partial charge in [0.15, 0.2) is 0 Å². The molecule has 2 aromatic carbocycles. The predicted molar refractivity (Wildman–Crippen MR) is 114 cm³/mol. The number of fused-ring (bicyclic) bond motifs is 1. The van der Waals surface area contributed by atoms with Gasteiger partial charge in [-0.3, -0.25) is 4.98 Å². The van der Waals surface area contributed by atoms with Gasteiger partial charge in [0, 0.05) is 21.7 Å². The number of rotatable bonds is 4. The van der Waals surface area contributed by atoms with Crippen LogP contribution in [0.3, 0.4) is 0 Å². The Kier molecular flexibility index (Phi) is 5.82. The zero-order valence-electron chi connectivity index (χ0n) is 15.7. The van der Waals surface area contributed by atoms with Crippen molar-refractivity contribution in [3.05, 3.63) is 69.5 Å². The third kappa shape index (κ3) is 4.71. The van der Waals surface area contributed by atoms with E-state index in [0.717, 1.165) is 16.6 Å². The molecule has 7 nitrogen and oxygen atoms in total.